The van der Waals surface area contributed by atoms with Crippen LogP contribution in [-0.2, 0) is 4.79 Å². The molecule has 0 bridgehead atoms. The van der Waals surface area contributed by atoms with Gasteiger partial charge in [-0.1, -0.05) is 0 Å². The van der Waals surface area contributed by atoms with E-state index in [-0.39, 0.29) is 5.91 Å². The molecule has 0 aromatic carbocycles. The summed E-state index contributed by atoms with van der Waals surface area (Å²) in [6.45, 7) is 2.60. The number of nitrogens with two attached hydrogens (primary N) is 2. The van der Waals surface area contributed by atoms with Crippen molar-refractivity contribution >= 4 is 39.6 Å². The van der Waals surface area contributed by atoms with Crippen molar-refractivity contribution in [1.29, 1.82) is 0 Å². The number of aromatic nitrogens is 2. The van der Waals surface area contributed by atoms with Crippen molar-refractivity contribution < 1.29 is 4.79 Å². The van der Waals surface area contributed by atoms with E-state index >= 15 is 0 Å². The number of primary amides is 1. The molecular formula is C11H15N5OS2. The van der Waals surface area contributed by atoms with Gasteiger partial charge in [0.1, 0.15) is 15.8 Å². The van der Waals surface area contributed by atoms with Crippen LogP contribution in [0.1, 0.15) is 18.5 Å². The molecule has 2 aromatic heterocycles. The smallest absolute Gasteiger partial charge is 0.217 e. The van der Waals surface area contributed by atoms with Crippen molar-refractivity contribution in [1.82, 2.24) is 9.36 Å². The number of hydrogen-bond donors (Lipinski definition) is 3. The Morgan fingerprint density at radius 3 is 2.95 bits per heavy atom. The van der Waals surface area contributed by atoms with Crippen molar-refractivity contribution in [2.24, 2.45) is 5.73 Å². The third kappa shape index (κ3) is 3.42. The molecule has 0 aliphatic carbocycles. The fraction of sp³-hybridized carbons (Fsp3) is 0.364. The van der Waals surface area contributed by atoms with Gasteiger partial charge in [0.05, 0.1) is 5.56 Å². The first kappa shape index (κ1) is 13.8. The van der Waals surface area contributed by atoms with Crippen LogP contribution in [0.15, 0.2) is 5.38 Å². The molecule has 0 aliphatic heterocycles. The van der Waals surface area contributed by atoms with E-state index in [1.165, 1.54) is 11.5 Å². The lowest BCUT2D eigenvalue weighted by Gasteiger charge is -2.04. The van der Waals surface area contributed by atoms with E-state index < -0.39 is 0 Å². The molecule has 6 nitrogen and oxygen atoms in total. The molecule has 1 amide bonds. The zero-order chi connectivity index (χ0) is 13.8. The molecule has 0 saturated carbocycles. The van der Waals surface area contributed by atoms with Crippen LogP contribution < -0.4 is 16.8 Å². The molecule has 0 saturated heterocycles. The summed E-state index contributed by atoms with van der Waals surface area (Å²) in [6, 6.07) is 0. The monoisotopic (exact) mass is 297 g/mol. The molecule has 19 heavy (non-hydrogen) atoms. The Balaban J connectivity index is 2.08. The molecule has 5 N–H and O–H groups in total. The molecule has 0 fully saturated rings. The molecule has 0 atom stereocenters. The number of carbonyl (C=O) groups is 1. The Labute approximate surface area is 119 Å². The number of thiazole rings is 1. The van der Waals surface area contributed by atoms with Gasteiger partial charge in [0.15, 0.2) is 0 Å². The maximum atomic E-state index is 10.7. The predicted octanol–water partition coefficient (Wildman–Crippen LogP) is 1.83. The third-order valence-corrected chi connectivity index (χ3v) is 4.23. The van der Waals surface area contributed by atoms with Crippen molar-refractivity contribution in [3.05, 3.63) is 11.1 Å². The van der Waals surface area contributed by atoms with Crippen LogP contribution in [0.3, 0.4) is 0 Å². The van der Waals surface area contributed by atoms with E-state index in [2.05, 4.69) is 14.7 Å². The lowest BCUT2D eigenvalue weighted by atomic mass is 10.3. The Morgan fingerprint density at radius 2 is 2.32 bits per heavy atom. The minimum Gasteiger partial charge on any atom is -0.382 e. The number of rotatable bonds is 6. The lowest BCUT2D eigenvalue weighted by molar-refractivity contribution is -0.118. The Hall–Kier alpha value is -1.67. The van der Waals surface area contributed by atoms with Crippen LogP contribution >= 0.6 is 22.9 Å². The van der Waals surface area contributed by atoms with Gasteiger partial charge in [0.25, 0.3) is 0 Å². The van der Waals surface area contributed by atoms with E-state index in [1.54, 1.807) is 11.3 Å². The van der Waals surface area contributed by atoms with Gasteiger partial charge in [-0.2, -0.15) is 4.37 Å². The number of carbonyl (C=O) groups excluding carboxylic acids is 1. The number of hydrogen-bond acceptors (Lipinski definition) is 7. The summed E-state index contributed by atoms with van der Waals surface area (Å²) in [5, 5.41) is 6.96. The molecule has 2 heterocycles. The van der Waals surface area contributed by atoms with E-state index in [0.717, 1.165) is 21.3 Å². The highest BCUT2D eigenvalue weighted by molar-refractivity contribution is 7.15. The summed E-state index contributed by atoms with van der Waals surface area (Å²) < 4.78 is 4.15. The van der Waals surface area contributed by atoms with Crippen LogP contribution in [0.2, 0.25) is 0 Å². The van der Waals surface area contributed by atoms with Crippen molar-refractivity contribution in [3.63, 3.8) is 0 Å². The highest BCUT2D eigenvalue weighted by Gasteiger charge is 2.16. The highest BCUT2D eigenvalue weighted by Crippen LogP contribution is 2.38. The summed E-state index contributed by atoms with van der Waals surface area (Å²) in [5.74, 6) is 0.193. The number of anilines is 2. The van der Waals surface area contributed by atoms with E-state index in [1.807, 2.05) is 12.3 Å². The minimum atomic E-state index is -0.290. The summed E-state index contributed by atoms with van der Waals surface area (Å²) in [6.07, 6.45) is 1.05. The molecule has 0 radical (unpaired) electrons. The standard InChI is InChI=1S/C11H15N5OS2/c1-6-5-18-11(15-6)8-9(13)16-19-10(8)14-4-2-3-7(12)17/h5,14H,2-4H2,1H3,(H2,12,17)(H2,13,16). The van der Waals surface area contributed by atoms with Crippen molar-refractivity contribution in [2.45, 2.75) is 19.8 Å². The van der Waals surface area contributed by atoms with Gasteiger partial charge in [0, 0.05) is 24.0 Å². The number of amides is 1. The first-order valence-electron chi connectivity index (χ1n) is 5.77. The van der Waals surface area contributed by atoms with E-state index in [0.29, 0.717) is 25.2 Å². The number of nitrogens with one attached hydrogen (secondary N) is 1. The normalized spacial score (nSPS) is 10.6. The van der Waals surface area contributed by atoms with Crippen molar-refractivity contribution in [3.8, 4) is 10.6 Å². The SMILES string of the molecule is Cc1csc(-c2c(N)nsc2NCCCC(N)=O)n1. The molecule has 2 rings (SSSR count). The van der Waals surface area contributed by atoms with E-state index in [4.69, 9.17) is 11.5 Å². The molecule has 8 heteroatoms. The topological polar surface area (TPSA) is 107 Å². The number of aryl methyl sites for hydroxylation is 1. The maximum absolute atomic E-state index is 10.7. The quantitative estimate of drug-likeness (QED) is 0.705. The summed E-state index contributed by atoms with van der Waals surface area (Å²) in [4.78, 5) is 15.1. The molecule has 0 unspecified atom stereocenters. The van der Waals surface area contributed by atoms with Gasteiger partial charge in [-0.25, -0.2) is 4.98 Å². The van der Waals surface area contributed by atoms with E-state index in [9.17, 15) is 4.79 Å². The highest BCUT2D eigenvalue weighted by atomic mass is 32.1. The van der Waals surface area contributed by atoms with Crippen LogP contribution in [0.5, 0.6) is 0 Å². The first-order valence-corrected chi connectivity index (χ1v) is 7.43. The van der Waals surface area contributed by atoms with Gasteiger partial charge in [-0.3, -0.25) is 4.79 Å². The van der Waals surface area contributed by atoms with Gasteiger partial charge in [-0.05, 0) is 24.9 Å². The number of nitrogens with zero attached hydrogens (tertiary/aromatic N) is 2. The first-order chi connectivity index (χ1) is 9.08. The zero-order valence-corrected chi connectivity index (χ0v) is 12.1. The maximum Gasteiger partial charge on any atom is 0.217 e. The summed E-state index contributed by atoms with van der Waals surface area (Å²) in [7, 11) is 0. The summed E-state index contributed by atoms with van der Waals surface area (Å²) >= 11 is 2.84. The van der Waals surface area contributed by atoms with Crippen LogP contribution in [0, 0.1) is 6.92 Å². The largest absolute Gasteiger partial charge is 0.382 e. The lowest BCUT2D eigenvalue weighted by Crippen LogP contribution is -2.12. The molecule has 102 valence electrons. The van der Waals surface area contributed by atoms with Crippen LogP contribution in [0.4, 0.5) is 10.8 Å². The average molecular weight is 297 g/mol. The molecular weight excluding hydrogens is 282 g/mol. The van der Waals surface area contributed by atoms with Crippen LogP contribution in [-0.4, -0.2) is 21.8 Å². The third-order valence-electron chi connectivity index (χ3n) is 2.44. The molecule has 0 aliphatic rings. The van der Waals surface area contributed by atoms with Crippen molar-refractivity contribution in [2.75, 3.05) is 17.6 Å². The minimum absolute atomic E-state index is 0.290. The van der Waals surface area contributed by atoms with Gasteiger partial charge < -0.3 is 16.8 Å². The second-order valence-electron chi connectivity index (χ2n) is 4.06. The molecule has 2 aromatic rings. The van der Waals surface area contributed by atoms with Gasteiger partial charge in [-0.15, -0.1) is 11.3 Å². The summed E-state index contributed by atoms with van der Waals surface area (Å²) in [5.41, 5.74) is 12.8. The van der Waals surface area contributed by atoms with Crippen LogP contribution in [0.25, 0.3) is 10.6 Å². The second-order valence-corrected chi connectivity index (χ2v) is 5.69. The Morgan fingerprint density at radius 1 is 1.53 bits per heavy atom. The predicted molar refractivity (Wildman–Crippen MR) is 79.3 cm³/mol. The van der Waals surface area contributed by atoms with Gasteiger partial charge >= 0.3 is 0 Å². The fourth-order valence-corrected chi connectivity index (χ4v) is 3.22. The zero-order valence-electron chi connectivity index (χ0n) is 10.5. The molecule has 0 spiro atoms. The second kappa shape index (κ2) is 5.98. The van der Waals surface area contributed by atoms with Gasteiger partial charge in [0.2, 0.25) is 5.91 Å². The Kier molecular flexibility index (Phi) is 4.33. The average Bonchev–Trinajstić information content (AvgIpc) is 2.91. The Bertz CT molecular complexity index is 577. The fourth-order valence-electron chi connectivity index (χ4n) is 1.56. The number of nitrogen functional groups attached to an aromatic ring is 1.